The van der Waals surface area contributed by atoms with Crippen molar-refractivity contribution in [1.29, 1.82) is 0 Å². The third-order valence-corrected chi connectivity index (χ3v) is 5.85. The number of benzene rings is 2. The molecule has 0 radical (unpaired) electrons. The summed E-state index contributed by atoms with van der Waals surface area (Å²) in [5, 5.41) is 2.76. The molecule has 3 N–H and O–H groups in total. The van der Waals surface area contributed by atoms with Crippen molar-refractivity contribution in [2.75, 3.05) is 26.2 Å². The Kier molecular flexibility index (Phi) is 7.53. The number of hydrogen-bond donors (Lipinski definition) is 2. The van der Waals surface area contributed by atoms with E-state index in [9.17, 15) is 14.4 Å². The van der Waals surface area contributed by atoms with Crippen LogP contribution < -0.4 is 11.1 Å². The van der Waals surface area contributed by atoms with Crippen molar-refractivity contribution in [2.45, 2.75) is 45.7 Å². The summed E-state index contributed by atoms with van der Waals surface area (Å²) < 4.78 is 0. The number of nitrogens with two attached hydrogens (primary N) is 1. The van der Waals surface area contributed by atoms with Crippen LogP contribution in [0.2, 0.25) is 0 Å². The summed E-state index contributed by atoms with van der Waals surface area (Å²) in [7, 11) is 0. The molecular formula is C26H34N4O3. The molecule has 1 unspecified atom stereocenters. The molecule has 0 spiro atoms. The van der Waals surface area contributed by atoms with Crippen LogP contribution in [0.15, 0.2) is 48.5 Å². The Morgan fingerprint density at radius 3 is 2.12 bits per heavy atom. The first-order valence-corrected chi connectivity index (χ1v) is 11.4. The minimum atomic E-state index is -1.03. The summed E-state index contributed by atoms with van der Waals surface area (Å²) in [4.78, 5) is 43.0. The van der Waals surface area contributed by atoms with Gasteiger partial charge in [-0.1, -0.05) is 50.6 Å². The lowest BCUT2D eigenvalue weighted by Crippen LogP contribution is -2.63. The second kappa shape index (κ2) is 10.2. The summed E-state index contributed by atoms with van der Waals surface area (Å²) in [5.41, 5.74) is 8.59. The van der Waals surface area contributed by atoms with Gasteiger partial charge in [-0.15, -0.1) is 0 Å². The summed E-state index contributed by atoms with van der Waals surface area (Å²) in [6.07, 6.45) is -0.447. The first kappa shape index (κ1) is 24.5. The second-order valence-corrected chi connectivity index (χ2v) is 9.50. The van der Waals surface area contributed by atoms with Crippen LogP contribution >= 0.6 is 0 Å². The third kappa shape index (κ3) is 5.60. The van der Waals surface area contributed by atoms with E-state index in [-0.39, 0.29) is 30.3 Å². The summed E-state index contributed by atoms with van der Waals surface area (Å²) in [5.74, 6) is -0.946. The lowest BCUT2D eigenvalue weighted by atomic mass is 9.86. The number of carbonyl (C=O) groups is 3. The zero-order chi connectivity index (χ0) is 24.2. The number of hydrogen-bond acceptors (Lipinski definition) is 4. The lowest BCUT2D eigenvalue weighted by Gasteiger charge is -2.42. The van der Waals surface area contributed by atoms with Crippen LogP contribution in [0.4, 0.5) is 0 Å². The van der Waals surface area contributed by atoms with E-state index in [1.54, 1.807) is 24.3 Å². The van der Waals surface area contributed by atoms with Crippen molar-refractivity contribution >= 4 is 17.7 Å². The van der Waals surface area contributed by atoms with Crippen molar-refractivity contribution in [2.24, 2.45) is 5.73 Å². The van der Waals surface area contributed by atoms with Gasteiger partial charge >= 0.3 is 0 Å². The molecule has 1 saturated heterocycles. The zero-order valence-electron chi connectivity index (χ0n) is 19.9. The van der Waals surface area contributed by atoms with Crippen LogP contribution in [0.25, 0.3) is 0 Å². The van der Waals surface area contributed by atoms with Gasteiger partial charge in [0.1, 0.15) is 0 Å². The SMILES string of the molecule is Cc1cccc(C(=O)N2CCCN(C(=O)c3ccc(C(C)(C)C)cc3)C2C(=O)NCCN)c1. The molecule has 1 fully saturated rings. The van der Waals surface area contributed by atoms with E-state index >= 15 is 0 Å². The maximum atomic E-state index is 13.5. The van der Waals surface area contributed by atoms with Gasteiger partial charge in [0.15, 0.2) is 6.17 Å². The first-order valence-electron chi connectivity index (χ1n) is 11.4. The minimum Gasteiger partial charge on any atom is -0.351 e. The average molecular weight is 451 g/mol. The average Bonchev–Trinajstić information content (AvgIpc) is 2.80. The van der Waals surface area contributed by atoms with Crippen LogP contribution in [0, 0.1) is 6.92 Å². The summed E-state index contributed by atoms with van der Waals surface area (Å²) in [6.45, 7) is 9.56. The van der Waals surface area contributed by atoms with E-state index < -0.39 is 12.1 Å². The number of rotatable bonds is 5. The number of nitrogens with zero attached hydrogens (tertiary/aromatic N) is 2. The largest absolute Gasteiger partial charge is 0.351 e. The maximum Gasteiger partial charge on any atom is 0.263 e. The van der Waals surface area contributed by atoms with Gasteiger partial charge in [0, 0.05) is 37.3 Å². The smallest absolute Gasteiger partial charge is 0.263 e. The van der Waals surface area contributed by atoms with Gasteiger partial charge < -0.3 is 20.9 Å². The Balaban J connectivity index is 1.93. The van der Waals surface area contributed by atoms with Gasteiger partial charge in [0.25, 0.3) is 17.7 Å². The molecule has 2 aromatic rings. The standard InChI is InChI=1S/C26H34N4O3/c1-18-7-5-8-20(17-18)25(33)30-16-6-15-29(23(30)22(31)28-14-13-27)24(32)19-9-11-21(12-10-19)26(2,3)4/h5,7-12,17,23H,6,13-16,27H2,1-4H3,(H,28,31). The van der Waals surface area contributed by atoms with E-state index in [1.165, 1.54) is 9.80 Å². The number of aryl methyl sites for hydroxylation is 1. The van der Waals surface area contributed by atoms with Gasteiger partial charge in [-0.2, -0.15) is 0 Å². The van der Waals surface area contributed by atoms with Crippen LogP contribution in [-0.2, 0) is 10.2 Å². The Morgan fingerprint density at radius 1 is 0.970 bits per heavy atom. The summed E-state index contributed by atoms with van der Waals surface area (Å²) >= 11 is 0. The molecular weight excluding hydrogens is 416 g/mol. The van der Waals surface area contributed by atoms with Gasteiger partial charge in [0.05, 0.1) is 0 Å². The number of carbonyl (C=O) groups excluding carboxylic acids is 3. The molecule has 0 aromatic heterocycles. The Labute approximate surface area is 195 Å². The highest BCUT2D eigenvalue weighted by molar-refractivity contribution is 6.01. The van der Waals surface area contributed by atoms with Gasteiger partial charge in [0.2, 0.25) is 0 Å². The van der Waals surface area contributed by atoms with Crippen molar-refractivity contribution in [3.63, 3.8) is 0 Å². The molecule has 1 aliphatic heterocycles. The van der Waals surface area contributed by atoms with E-state index in [4.69, 9.17) is 5.73 Å². The topological polar surface area (TPSA) is 95.7 Å². The molecule has 176 valence electrons. The van der Waals surface area contributed by atoms with Crippen molar-refractivity contribution in [3.05, 3.63) is 70.8 Å². The lowest BCUT2D eigenvalue weighted by molar-refractivity contribution is -0.132. The van der Waals surface area contributed by atoms with Gasteiger partial charge in [-0.25, -0.2) is 0 Å². The molecule has 1 aliphatic rings. The van der Waals surface area contributed by atoms with Crippen LogP contribution in [0.3, 0.4) is 0 Å². The molecule has 0 bridgehead atoms. The monoisotopic (exact) mass is 450 g/mol. The van der Waals surface area contributed by atoms with Gasteiger partial charge in [-0.05, 0) is 48.6 Å². The van der Waals surface area contributed by atoms with Crippen LogP contribution in [0.5, 0.6) is 0 Å². The molecule has 0 saturated carbocycles. The zero-order valence-corrected chi connectivity index (χ0v) is 19.9. The highest BCUT2D eigenvalue weighted by Crippen LogP contribution is 2.25. The van der Waals surface area contributed by atoms with E-state index in [0.29, 0.717) is 30.6 Å². The first-order chi connectivity index (χ1) is 15.6. The number of amides is 3. The summed E-state index contributed by atoms with van der Waals surface area (Å²) in [6, 6.07) is 14.7. The van der Waals surface area contributed by atoms with E-state index in [0.717, 1.165) is 11.1 Å². The highest BCUT2D eigenvalue weighted by atomic mass is 16.2. The minimum absolute atomic E-state index is 0.0334. The molecule has 0 aliphatic carbocycles. The molecule has 33 heavy (non-hydrogen) atoms. The van der Waals surface area contributed by atoms with Gasteiger partial charge in [-0.3, -0.25) is 14.4 Å². The van der Waals surface area contributed by atoms with E-state index in [1.807, 2.05) is 31.2 Å². The Morgan fingerprint density at radius 2 is 1.58 bits per heavy atom. The predicted octanol–water partition coefficient (Wildman–Crippen LogP) is 2.68. The van der Waals surface area contributed by atoms with Crippen LogP contribution in [0.1, 0.15) is 59.0 Å². The van der Waals surface area contributed by atoms with E-state index in [2.05, 4.69) is 26.1 Å². The molecule has 2 aromatic carbocycles. The molecule has 7 heteroatoms. The fraction of sp³-hybridized carbons (Fsp3) is 0.423. The third-order valence-electron chi connectivity index (χ3n) is 5.85. The predicted molar refractivity (Wildman–Crippen MR) is 129 cm³/mol. The quantitative estimate of drug-likeness (QED) is 0.732. The Bertz CT molecular complexity index is 1010. The molecule has 7 nitrogen and oxygen atoms in total. The molecule has 1 heterocycles. The van der Waals surface area contributed by atoms with Crippen molar-refractivity contribution < 1.29 is 14.4 Å². The molecule has 3 rings (SSSR count). The fourth-order valence-corrected chi connectivity index (χ4v) is 4.04. The molecule has 3 amide bonds. The number of nitrogens with one attached hydrogen (secondary N) is 1. The van der Waals surface area contributed by atoms with Crippen LogP contribution in [-0.4, -0.2) is 59.9 Å². The molecule has 1 atom stereocenters. The van der Waals surface area contributed by atoms with Crippen molar-refractivity contribution in [1.82, 2.24) is 15.1 Å². The van der Waals surface area contributed by atoms with Crippen molar-refractivity contribution in [3.8, 4) is 0 Å². The highest BCUT2D eigenvalue weighted by Gasteiger charge is 2.40. The Hall–Kier alpha value is -3.19. The second-order valence-electron chi connectivity index (χ2n) is 9.50. The normalized spacial score (nSPS) is 16.5. The fourth-order valence-electron chi connectivity index (χ4n) is 4.04. The maximum absolute atomic E-state index is 13.5.